The number of aliphatic carboxylic acids is 1. The highest BCUT2D eigenvalue weighted by Gasteiger charge is 2.65. The maximum Gasteiger partial charge on any atom is 0.303 e. The fraction of sp³-hybridized carbons (Fsp3) is 0.857. The van der Waals surface area contributed by atoms with Crippen molar-refractivity contribution in [2.45, 2.75) is 71.5 Å². The molecule has 0 aromatic carbocycles. The zero-order chi connectivity index (χ0) is 18.1. The van der Waals surface area contributed by atoms with Crippen LogP contribution in [0.5, 0.6) is 0 Å². The molecule has 0 aliphatic heterocycles. The minimum atomic E-state index is -0.769. The molecule has 140 valence electrons. The molecule has 0 heterocycles. The summed E-state index contributed by atoms with van der Waals surface area (Å²) >= 11 is 0. The number of fused-ring (bicyclic) bond motifs is 5. The zero-order valence-corrected chi connectivity index (χ0v) is 15.6. The summed E-state index contributed by atoms with van der Waals surface area (Å²) in [4.78, 5) is 11.2. The summed E-state index contributed by atoms with van der Waals surface area (Å²) in [7, 11) is 0. The monoisotopic (exact) mass is 348 g/mol. The highest BCUT2D eigenvalue weighted by atomic mass is 16.4. The molecule has 4 unspecified atom stereocenters. The molecule has 0 bridgehead atoms. The molecule has 0 aromatic heterocycles. The Morgan fingerprint density at radius 2 is 1.96 bits per heavy atom. The third kappa shape index (κ3) is 2.22. The predicted octanol–water partition coefficient (Wildman–Crippen LogP) is 3.23. The Kier molecular flexibility index (Phi) is 3.90. The molecule has 3 N–H and O–H groups in total. The van der Waals surface area contributed by atoms with Gasteiger partial charge in [0, 0.05) is 5.41 Å². The number of carbonyl (C=O) groups is 1. The lowest BCUT2D eigenvalue weighted by Crippen LogP contribution is -2.51. The van der Waals surface area contributed by atoms with Crippen molar-refractivity contribution in [3.05, 3.63) is 11.6 Å². The van der Waals surface area contributed by atoms with Gasteiger partial charge in [-0.2, -0.15) is 0 Å². The van der Waals surface area contributed by atoms with Crippen LogP contribution < -0.4 is 0 Å². The lowest BCUT2D eigenvalue weighted by atomic mass is 9.54. The first-order chi connectivity index (χ1) is 11.7. The number of hydrogen-bond acceptors (Lipinski definition) is 3. The molecule has 0 amide bonds. The van der Waals surface area contributed by atoms with Crippen LogP contribution in [-0.2, 0) is 4.79 Å². The van der Waals surface area contributed by atoms with Crippen LogP contribution in [0.4, 0.5) is 0 Å². The summed E-state index contributed by atoms with van der Waals surface area (Å²) in [5.74, 6) is 1.00. The first kappa shape index (κ1) is 17.5. The molecule has 4 heteroatoms. The standard InChI is InChI=1S/C21H32O4/c1-11(8-19(24)25)13-4-5-14-12-9-16-17(22)6-7-20(16,2)15(12)10-18(23)21(13,14)3/h4,11-12,14-18,22-23H,5-10H2,1-3H3,(H,24,25)/t11-,12?,14?,15?,16?,17-,18+,20-,21-/m1/s1. The minimum Gasteiger partial charge on any atom is -0.481 e. The van der Waals surface area contributed by atoms with E-state index in [1.54, 1.807) is 0 Å². The van der Waals surface area contributed by atoms with E-state index in [1.165, 1.54) is 0 Å². The molecule has 0 saturated heterocycles. The Morgan fingerprint density at radius 3 is 2.64 bits per heavy atom. The Bertz CT molecular complexity index is 613. The Morgan fingerprint density at radius 1 is 1.24 bits per heavy atom. The summed E-state index contributed by atoms with van der Waals surface area (Å²) < 4.78 is 0. The highest BCUT2D eigenvalue weighted by molar-refractivity contribution is 5.67. The fourth-order valence-electron chi connectivity index (χ4n) is 7.59. The number of carboxylic acids is 1. The van der Waals surface area contributed by atoms with Crippen molar-refractivity contribution in [1.82, 2.24) is 0 Å². The van der Waals surface area contributed by atoms with Gasteiger partial charge in [-0.1, -0.05) is 32.4 Å². The molecular formula is C21H32O4. The molecular weight excluding hydrogens is 316 g/mol. The Labute approximate surface area is 150 Å². The van der Waals surface area contributed by atoms with Gasteiger partial charge in [0.25, 0.3) is 0 Å². The van der Waals surface area contributed by atoms with E-state index < -0.39 is 12.1 Å². The van der Waals surface area contributed by atoms with E-state index in [1.807, 2.05) is 6.92 Å². The van der Waals surface area contributed by atoms with Gasteiger partial charge in [0.15, 0.2) is 0 Å². The van der Waals surface area contributed by atoms with Crippen LogP contribution in [0.15, 0.2) is 11.6 Å². The number of hydrogen-bond donors (Lipinski definition) is 3. The van der Waals surface area contributed by atoms with Crippen molar-refractivity contribution < 1.29 is 20.1 Å². The van der Waals surface area contributed by atoms with Crippen molar-refractivity contribution in [2.75, 3.05) is 0 Å². The van der Waals surface area contributed by atoms with E-state index in [-0.39, 0.29) is 29.3 Å². The van der Waals surface area contributed by atoms with Crippen molar-refractivity contribution in [2.24, 2.45) is 40.4 Å². The second-order valence-corrected chi connectivity index (χ2v) is 9.76. The second kappa shape index (κ2) is 5.56. The highest BCUT2D eigenvalue weighted by Crippen LogP contribution is 2.69. The van der Waals surface area contributed by atoms with Gasteiger partial charge in [0.1, 0.15) is 0 Å². The van der Waals surface area contributed by atoms with Crippen LogP contribution in [0.1, 0.15) is 59.3 Å². The normalized spacial score (nSPS) is 52.3. The van der Waals surface area contributed by atoms with Crippen molar-refractivity contribution >= 4 is 5.97 Å². The molecule has 3 saturated carbocycles. The zero-order valence-electron chi connectivity index (χ0n) is 15.6. The van der Waals surface area contributed by atoms with Gasteiger partial charge >= 0.3 is 5.97 Å². The molecule has 3 fully saturated rings. The van der Waals surface area contributed by atoms with E-state index in [0.717, 1.165) is 37.7 Å². The van der Waals surface area contributed by atoms with Gasteiger partial charge in [0.05, 0.1) is 18.6 Å². The SMILES string of the molecule is C[C@H](CC(=O)O)C1=CCC2C3CC4[C@H](O)CC[C@]4(C)C3C[C@H](O)[C@]12C. The number of allylic oxidation sites excluding steroid dienone is 1. The third-order valence-electron chi connectivity index (χ3n) is 8.86. The molecule has 4 aliphatic carbocycles. The number of aliphatic hydroxyl groups is 2. The molecule has 4 rings (SSSR count). The van der Waals surface area contributed by atoms with Gasteiger partial charge in [-0.3, -0.25) is 4.79 Å². The maximum atomic E-state index is 11.2. The maximum absolute atomic E-state index is 11.2. The second-order valence-electron chi connectivity index (χ2n) is 9.76. The molecule has 0 spiro atoms. The molecule has 4 nitrogen and oxygen atoms in total. The molecule has 25 heavy (non-hydrogen) atoms. The lowest BCUT2D eigenvalue weighted by molar-refractivity contribution is -0.138. The van der Waals surface area contributed by atoms with E-state index in [9.17, 15) is 20.1 Å². The third-order valence-corrected chi connectivity index (χ3v) is 8.86. The summed E-state index contributed by atoms with van der Waals surface area (Å²) in [5.41, 5.74) is 1.03. The van der Waals surface area contributed by atoms with Gasteiger partial charge in [0.2, 0.25) is 0 Å². The van der Waals surface area contributed by atoms with Gasteiger partial charge < -0.3 is 15.3 Å². The summed E-state index contributed by atoms with van der Waals surface area (Å²) in [6.45, 7) is 6.49. The molecule has 4 aliphatic rings. The lowest BCUT2D eigenvalue weighted by Gasteiger charge is -2.52. The smallest absolute Gasteiger partial charge is 0.303 e. The number of rotatable bonds is 3. The fourth-order valence-corrected chi connectivity index (χ4v) is 7.59. The summed E-state index contributed by atoms with van der Waals surface area (Å²) in [6, 6.07) is 0. The van der Waals surface area contributed by atoms with Gasteiger partial charge in [-0.25, -0.2) is 0 Å². The number of aliphatic hydroxyl groups excluding tert-OH is 2. The van der Waals surface area contributed by atoms with Crippen LogP contribution in [0.25, 0.3) is 0 Å². The van der Waals surface area contributed by atoms with Crippen LogP contribution in [0, 0.1) is 40.4 Å². The van der Waals surface area contributed by atoms with Crippen molar-refractivity contribution in [1.29, 1.82) is 0 Å². The first-order valence-electron chi connectivity index (χ1n) is 9.98. The molecule has 0 radical (unpaired) electrons. The quantitative estimate of drug-likeness (QED) is 0.684. The van der Waals surface area contributed by atoms with Crippen LogP contribution in [-0.4, -0.2) is 33.5 Å². The van der Waals surface area contributed by atoms with Crippen molar-refractivity contribution in [3.63, 3.8) is 0 Å². The summed E-state index contributed by atoms with van der Waals surface area (Å²) in [6.07, 6.45) is 6.58. The molecule has 9 atom stereocenters. The first-order valence-corrected chi connectivity index (χ1v) is 9.98. The molecule has 0 aromatic rings. The van der Waals surface area contributed by atoms with Crippen LogP contribution in [0.2, 0.25) is 0 Å². The minimum absolute atomic E-state index is 0.0271. The Hall–Kier alpha value is -0.870. The summed E-state index contributed by atoms with van der Waals surface area (Å²) in [5, 5.41) is 30.9. The van der Waals surface area contributed by atoms with E-state index >= 15 is 0 Å². The predicted molar refractivity (Wildman–Crippen MR) is 94.8 cm³/mol. The van der Waals surface area contributed by atoms with Crippen LogP contribution in [0.3, 0.4) is 0 Å². The topological polar surface area (TPSA) is 77.8 Å². The Balaban J connectivity index is 1.64. The van der Waals surface area contributed by atoms with Gasteiger partial charge in [-0.15, -0.1) is 0 Å². The average molecular weight is 348 g/mol. The van der Waals surface area contributed by atoms with E-state index in [2.05, 4.69) is 19.9 Å². The van der Waals surface area contributed by atoms with Crippen molar-refractivity contribution in [3.8, 4) is 0 Å². The van der Waals surface area contributed by atoms with E-state index in [4.69, 9.17) is 0 Å². The average Bonchev–Trinajstić information content (AvgIpc) is 3.11. The van der Waals surface area contributed by atoms with Crippen LogP contribution >= 0.6 is 0 Å². The number of carboxylic acid groups (broad SMARTS) is 1. The van der Waals surface area contributed by atoms with Gasteiger partial charge in [-0.05, 0) is 67.1 Å². The van der Waals surface area contributed by atoms with E-state index in [0.29, 0.717) is 23.7 Å². The largest absolute Gasteiger partial charge is 0.481 e.